The molecule has 10 aromatic rings. The number of hydrogen-bond acceptors (Lipinski definition) is 3. The average Bonchev–Trinajstić information content (AvgIpc) is 3.85. The summed E-state index contributed by atoms with van der Waals surface area (Å²) >= 11 is 0. The highest BCUT2D eigenvalue weighted by atomic mass is 16.5. The molecular weight excluding hydrogens is 781 g/mol. The standard InChI is InChI=1S/C60H46N2O2/c1-2-42-23-33-51(34-24-42)64-38-37-60(46-13-5-3-6-14-46)56-19-11-9-17-52(56)53-35-32-50(40-57(53)60)61(47-15-7-4-8-16-47)48-30-25-44(26-31-48)45-27-36-59-55(39-45)54-18-10-12-20-58(54)62(59)49-28-21-43(41-63)22-29-49/h2-36,39-40,63H,1,37-38,41H2. The van der Waals surface area contributed by atoms with Crippen molar-refractivity contribution in [1.29, 1.82) is 0 Å². The molecule has 0 fully saturated rings. The second kappa shape index (κ2) is 16.4. The Morgan fingerprint density at radius 1 is 0.531 bits per heavy atom. The summed E-state index contributed by atoms with van der Waals surface area (Å²) in [5.41, 5.74) is 16.8. The van der Waals surface area contributed by atoms with Gasteiger partial charge in [-0.05, 0) is 135 Å². The Labute approximate surface area is 374 Å². The van der Waals surface area contributed by atoms with Crippen molar-refractivity contribution in [3.8, 4) is 33.7 Å². The monoisotopic (exact) mass is 826 g/mol. The minimum absolute atomic E-state index is 0.0268. The topological polar surface area (TPSA) is 37.6 Å². The van der Waals surface area contributed by atoms with E-state index in [9.17, 15) is 5.11 Å². The quantitative estimate of drug-likeness (QED) is 0.133. The van der Waals surface area contributed by atoms with Gasteiger partial charge >= 0.3 is 0 Å². The van der Waals surface area contributed by atoms with E-state index in [1.807, 2.05) is 42.5 Å². The van der Waals surface area contributed by atoms with Gasteiger partial charge in [-0.2, -0.15) is 0 Å². The van der Waals surface area contributed by atoms with Crippen molar-refractivity contribution >= 4 is 44.9 Å². The van der Waals surface area contributed by atoms with Gasteiger partial charge in [0.1, 0.15) is 5.75 Å². The van der Waals surface area contributed by atoms with Crippen molar-refractivity contribution in [3.05, 3.63) is 253 Å². The van der Waals surface area contributed by atoms with Gasteiger partial charge < -0.3 is 19.3 Å². The predicted octanol–water partition coefficient (Wildman–Crippen LogP) is 14.8. The first-order chi connectivity index (χ1) is 31.6. The summed E-state index contributed by atoms with van der Waals surface area (Å²) in [4.78, 5) is 2.37. The number of ether oxygens (including phenoxy) is 1. The second-order valence-electron chi connectivity index (χ2n) is 16.5. The maximum atomic E-state index is 9.68. The highest BCUT2D eigenvalue weighted by Gasteiger charge is 2.44. The molecule has 4 heteroatoms. The van der Waals surface area contributed by atoms with Crippen LogP contribution in [0.5, 0.6) is 5.75 Å². The van der Waals surface area contributed by atoms with E-state index in [1.165, 1.54) is 38.6 Å². The van der Waals surface area contributed by atoms with Crippen LogP contribution >= 0.6 is 0 Å². The molecule has 308 valence electrons. The van der Waals surface area contributed by atoms with Crippen molar-refractivity contribution < 1.29 is 9.84 Å². The number of aliphatic hydroxyl groups is 1. The summed E-state index contributed by atoms with van der Waals surface area (Å²) < 4.78 is 8.84. The number of fused-ring (bicyclic) bond motifs is 6. The highest BCUT2D eigenvalue weighted by molar-refractivity contribution is 6.10. The number of aliphatic hydroxyl groups excluding tert-OH is 1. The van der Waals surface area contributed by atoms with Crippen LogP contribution in [0, 0.1) is 0 Å². The molecule has 1 N–H and O–H groups in total. The SMILES string of the molecule is C=Cc1ccc(OCCC2(c3ccccc3)c3ccccc3-c3ccc(N(c4ccccc4)c4ccc(-c5ccc6c(c5)c5ccccc5n6-c5ccc(CO)cc5)cc4)cc32)cc1. The second-order valence-corrected chi connectivity index (χ2v) is 16.5. The number of anilines is 3. The first kappa shape index (κ1) is 39.0. The number of benzene rings is 9. The fourth-order valence-corrected chi connectivity index (χ4v) is 9.97. The lowest BCUT2D eigenvalue weighted by Gasteiger charge is -2.34. The molecule has 0 saturated carbocycles. The van der Waals surface area contributed by atoms with E-state index in [1.54, 1.807) is 0 Å². The molecule has 0 saturated heterocycles. The molecule has 1 aliphatic carbocycles. The third kappa shape index (κ3) is 6.68. The van der Waals surface area contributed by atoms with Gasteiger partial charge in [0.05, 0.1) is 24.2 Å². The van der Waals surface area contributed by atoms with E-state index in [2.05, 4.69) is 198 Å². The van der Waals surface area contributed by atoms with Gasteiger partial charge in [-0.3, -0.25) is 0 Å². The average molecular weight is 827 g/mol. The van der Waals surface area contributed by atoms with Crippen molar-refractivity contribution in [2.75, 3.05) is 11.5 Å². The van der Waals surface area contributed by atoms with Gasteiger partial charge in [-0.1, -0.05) is 152 Å². The maximum absolute atomic E-state index is 9.68. The van der Waals surface area contributed by atoms with Crippen LogP contribution in [0.1, 0.15) is 34.2 Å². The normalized spacial score (nSPS) is 14.0. The lowest BCUT2D eigenvalue weighted by molar-refractivity contribution is 0.282. The Kier molecular flexibility index (Phi) is 9.99. The lowest BCUT2D eigenvalue weighted by Crippen LogP contribution is -2.29. The highest BCUT2D eigenvalue weighted by Crippen LogP contribution is 2.56. The van der Waals surface area contributed by atoms with Crippen LogP contribution in [0.25, 0.3) is 55.8 Å². The number of nitrogens with zero attached hydrogens (tertiary/aromatic N) is 2. The molecule has 11 rings (SSSR count). The summed E-state index contributed by atoms with van der Waals surface area (Å²) in [7, 11) is 0. The van der Waals surface area contributed by atoms with Crippen LogP contribution in [-0.4, -0.2) is 16.3 Å². The van der Waals surface area contributed by atoms with Gasteiger partial charge in [-0.25, -0.2) is 0 Å². The molecule has 4 nitrogen and oxygen atoms in total. The molecular formula is C60H46N2O2. The molecule has 0 amide bonds. The van der Waals surface area contributed by atoms with Gasteiger partial charge in [0.2, 0.25) is 0 Å². The molecule has 1 unspecified atom stereocenters. The molecule has 0 spiro atoms. The third-order valence-corrected chi connectivity index (χ3v) is 13.0. The summed E-state index contributed by atoms with van der Waals surface area (Å²) in [6, 6.07) is 78.2. The number of hydrogen-bond donors (Lipinski definition) is 1. The summed E-state index contributed by atoms with van der Waals surface area (Å²) in [5.74, 6) is 0.851. The molecule has 1 aliphatic rings. The Bertz CT molecular complexity index is 3280. The zero-order chi connectivity index (χ0) is 43.0. The van der Waals surface area contributed by atoms with Crippen LogP contribution in [-0.2, 0) is 12.0 Å². The van der Waals surface area contributed by atoms with Gasteiger partial charge in [0, 0.05) is 38.9 Å². The van der Waals surface area contributed by atoms with Crippen molar-refractivity contribution in [2.45, 2.75) is 18.4 Å². The summed E-state index contributed by atoms with van der Waals surface area (Å²) in [6.07, 6.45) is 2.61. The van der Waals surface area contributed by atoms with Crippen LogP contribution < -0.4 is 9.64 Å². The Hall–Kier alpha value is -7.92. The number of aromatic nitrogens is 1. The van der Waals surface area contributed by atoms with E-state index in [0.29, 0.717) is 6.61 Å². The molecule has 0 aliphatic heterocycles. The summed E-state index contributed by atoms with van der Waals surface area (Å²) in [6.45, 7) is 4.48. The van der Waals surface area contributed by atoms with Crippen LogP contribution in [0.4, 0.5) is 17.1 Å². The van der Waals surface area contributed by atoms with E-state index in [4.69, 9.17) is 4.74 Å². The smallest absolute Gasteiger partial charge is 0.119 e. The maximum Gasteiger partial charge on any atom is 0.119 e. The lowest BCUT2D eigenvalue weighted by atomic mass is 9.70. The zero-order valence-corrected chi connectivity index (χ0v) is 35.4. The molecule has 1 atom stereocenters. The fourth-order valence-electron chi connectivity index (χ4n) is 9.97. The molecule has 64 heavy (non-hydrogen) atoms. The molecule has 9 aromatic carbocycles. The summed E-state index contributed by atoms with van der Waals surface area (Å²) in [5, 5.41) is 12.1. The van der Waals surface area contributed by atoms with Gasteiger partial charge in [-0.15, -0.1) is 0 Å². The Morgan fingerprint density at radius 3 is 1.94 bits per heavy atom. The number of para-hydroxylation sites is 2. The Balaban J connectivity index is 0.991. The van der Waals surface area contributed by atoms with Crippen LogP contribution in [0.15, 0.2) is 225 Å². The van der Waals surface area contributed by atoms with Crippen molar-refractivity contribution in [3.63, 3.8) is 0 Å². The molecule has 1 aromatic heterocycles. The van der Waals surface area contributed by atoms with Gasteiger partial charge in [0.25, 0.3) is 0 Å². The van der Waals surface area contributed by atoms with E-state index in [-0.39, 0.29) is 6.61 Å². The third-order valence-electron chi connectivity index (χ3n) is 13.0. The van der Waals surface area contributed by atoms with E-state index in [0.717, 1.165) is 68.2 Å². The van der Waals surface area contributed by atoms with Gasteiger partial charge in [0.15, 0.2) is 0 Å². The van der Waals surface area contributed by atoms with Crippen molar-refractivity contribution in [1.82, 2.24) is 4.57 Å². The minimum atomic E-state index is -0.443. The number of rotatable bonds is 12. The largest absolute Gasteiger partial charge is 0.494 e. The first-order valence-corrected chi connectivity index (χ1v) is 22.0. The minimum Gasteiger partial charge on any atom is -0.494 e. The zero-order valence-electron chi connectivity index (χ0n) is 35.4. The fraction of sp³-hybridized carbons (Fsp3) is 0.0667. The molecule has 1 heterocycles. The van der Waals surface area contributed by atoms with E-state index < -0.39 is 5.41 Å². The van der Waals surface area contributed by atoms with Crippen LogP contribution in [0.3, 0.4) is 0 Å². The van der Waals surface area contributed by atoms with Crippen LogP contribution in [0.2, 0.25) is 0 Å². The first-order valence-electron chi connectivity index (χ1n) is 22.0. The van der Waals surface area contributed by atoms with Crippen molar-refractivity contribution in [2.24, 2.45) is 0 Å². The molecule has 0 radical (unpaired) electrons. The Morgan fingerprint density at radius 2 is 1.17 bits per heavy atom. The molecule has 0 bridgehead atoms. The predicted molar refractivity (Wildman–Crippen MR) is 265 cm³/mol. The van der Waals surface area contributed by atoms with E-state index >= 15 is 0 Å².